The first kappa shape index (κ1) is 17.3. The molecule has 1 aromatic carbocycles. The van der Waals surface area contributed by atoms with Crippen LogP contribution < -0.4 is 14.8 Å². The van der Waals surface area contributed by atoms with Gasteiger partial charge in [0.05, 0.1) is 15.6 Å². The molecule has 1 N–H and O–H groups in total. The van der Waals surface area contributed by atoms with Crippen LogP contribution in [0.4, 0.5) is 5.82 Å². The summed E-state index contributed by atoms with van der Waals surface area (Å²) in [4.78, 5) is 28.2. The van der Waals surface area contributed by atoms with Gasteiger partial charge in [0.1, 0.15) is 0 Å². The molecule has 130 valence electrons. The highest BCUT2D eigenvalue weighted by Gasteiger charge is 2.22. The van der Waals surface area contributed by atoms with E-state index in [-0.39, 0.29) is 23.2 Å². The van der Waals surface area contributed by atoms with Crippen LogP contribution in [0.1, 0.15) is 17.3 Å². The third-order valence-corrected chi connectivity index (χ3v) is 3.81. The first-order valence-electron chi connectivity index (χ1n) is 7.16. The van der Waals surface area contributed by atoms with Gasteiger partial charge in [0.25, 0.3) is 5.91 Å². The molecule has 1 atom stereocenters. The Labute approximate surface area is 152 Å². The van der Waals surface area contributed by atoms with Gasteiger partial charge in [0.15, 0.2) is 23.4 Å². The van der Waals surface area contributed by atoms with Crippen molar-refractivity contribution in [2.45, 2.75) is 13.0 Å². The lowest BCUT2D eigenvalue weighted by molar-refractivity contribution is -0.123. The Balaban J connectivity index is 1.63. The fraction of sp³-hybridized carbons (Fsp3) is 0.188. The third kappa shape index (κ3) is 3.94. The van der Waals surface area contributed by atoms with Crippen LogP contribution in [-0.4, -0.2) is 29.8 Å². The molecule has 0 fully saturated rings. The minimum absolute atomic E-state index is 0.0987. The van der Waals surface area contributed by atoms with Gasteiger partial charge in [0, 0.05) is 6.20 Å². The Kier molecular flexibility index (Phi) is 4.96. The Hall–Kier alpha value is -2.51. The lowest BCUT2D eigenvalue weighted by Gasteiger charge is -2.14. The lowest BCUT2D eigenvalue weighted by atomic mass is 10.2. The minimum atomic E-state index is -1.06. The van der Waals surface area contributed by atoms with Crippen molar-refractivity contribution in [3.63, 3.8) is 0 Å². The molecule has 0 saturated heterocycles. The molecule has 1 aliphatic heterocycles. The first-order chi connectivity index (χ1) is 11.9. The summed E-state index contributed by atoms with van der Waals surface area (Å²) in [6, 6.07) is 6.06. The second-order valence-corrected chi connectivity index (χ2v) is 5.93. The van der Waals surface area contributed by atoms with E-state index in [0.717, 1.165) is 0 Å². The quantitative estimate of drug-likeness (QED) is 0.816. The van der Waals surface area contributed by atoms with Gasteiger partial charge in [-0.2, -0.15) is 0 Å². The molecule has 1 aromatic heterocycles. The topological polar surface area (TPSA) is 86.8 Å². The molecule has 0 saturated carbocycles. The number of pyridine rings is 1. The summed E-state index contributed by atoms with van der Waals surface area (Å²) >= 11 is 11.7. The maximum atomic E-state index is 12.2. The normalized spacial score (nSPS) is 13.2. The van der Waals surface area contributed by atoms with Crippen molar-refractivity contribution in [1.82, 2.24) is 4.98 Å². The molecule has 25 heavy (non-hydrogen) atoms. The number of esters is 1. The van der Waals surface area contributed by atoms with E-state index in [4.69, 9.17) is 37.4 Å². The molecule has 9 heteroatoms. The van der Waals surface area contributed by atoms with Crippen LogP contribution in [0.15, 0.2) is 30.5 Å². The fourth-order valence-electron chi connectivity index (χ4n) is 2.03. The average molecular weight is 383 g/mol. The third-order valence-electron chi connectivity index (χ3n) is 3.31. The Bertz CT molecular complexity index is 843. The molecule has 0 aliphatic carbocycles. The van der Waals surface area contributed by atoms with Crippen LogP contribution in [0.5, 0.6) is 11.5 Å². The van der Waals surface area contributed by atoms with Crippen molar-refractivity contribution in [2.24, 2.45) is 0 Å². The molecule has 0 radical (unpaired) electrons. The number of hydrogen-bond acceptors (Lipinski definition) is 6. The van der Waals surface area contributed by atoms with Crippen molar-refractivity contribution in [3.8, 4) is 11.5 Å². The summed E-state index contributed by atoms with van der Waals surface area (Å²) in [5, 5.41) is 2.99. The van der Waals surface area contributed by atoms with Crippen LogP contribution in [0.2, 0.25) is 10.0 Å². The predicted molar refractivity (Wildman–Crippen MR) is 90.3 cm³/mol. The second kappa shape index (κ2) is 7.16. The van der Waals surface area contributed by atoms with Gasteiger partial charge in [-0.05, 0) is 31.2 Å². The van der Waals surface area contributed by atoms with Gasteiger partial charge in [-0.15, -0.1) is 0 Å². The number of amides is 1. The minimum Gasteiger partial charge on any atom is -0.454 e. The number of hydrogen-bond donors (Lipinski definition) is 1. The Morgan fingerprint density at radius 3 is 2.76 bits per heavy atom. The standard InChI is InChI=1S/C16H12Cl2N2O5/c1-8(15(21)20-14-11(18)5-10(17)6-19-14)25-16(22)9-2-3-12-13(4-9)24-7-23-12/h2-6,8H,7H2,1H3,(H,19,20,21). The number of anilines is 1. The fourth-order valence-corrected chi connectivity index (χ4v) is 2.46. The highest BCUT2D eigenvalue weighted by Crippen LogP contribution is 2.32. The first-order valence-corrected chi connectivity index (χ1v) is 7.92. The zero-order chi connectivity index (χ0) is 18.0. The SMILES string of the molecule is CC(OC(=O)c1ccc2c(c1)OCO2)C(=O)Nc1ncc(Cl)cc1Cl. The molecule has 0 spiro atoms. The van der Waals surface area contributed by atoms with E-state index < -0.39 is 18.0 Å². The molecule has 0 bridgehead atoms. The van der Waals surface area contributed by atoms with Crippen molar-refractivity contribution in [2.75, 3.05) is 12.1 Å². The summed E-state index contributed by atoms with van der Waals surface area (Å²) < 4.78 is 15.5. The van der Waals surface area contributed by atoms with Gasteiger partial charge in [-0.1, -0.05) is 23.2 Å². The predicted octanol–water partition coefficient (Wildman–Crippen LogP) is 3.30. The van der Waals surface area contributed by atoms with Crippen molar-refractivity contribution in [1.29, 1.82) is 0 Å². The van der Waals surface area contributed by atoms with Crippen LogP contribution >= 0.6 is 23.2 Å². The number of nitrogens with zero attached hydrogens (tertiary/aromatic N) is 1. The number of halogens is 2. The van der Waals surface area contributed by atoms with Crippen molar-refractivity contribution in [3.05, 3.63) is 46.1 Å². The molecule has 1 amide bonds. The summed E-state index contributed by atoms with van der Waals surface area (Å²) in [7, 11) is 0. The van der Waals surface area contributed by atoms with E-state index in [1.807, 2.05) is 0 Å². The monoisotopic (exact) mass is 382 g/mol. The van der Waals surface area contributed by atoms with Crippen LogP contribution in [0.25, 0.3) is 0 Å². The number of carbonyl (C=O) groups is 2. The van der Waals surface area contributed by atoms with Crippen LogP contribution in [0.3, 0.4) is 0 Å². The number of ether oxygens (including phenoxy) is 3. The van der Waals surface area contributed by atoms with E-state index in [9.17, 15) is 9.59 Å². The second-order valence-electron chi connectivity index (χ2n) is 5.09. The van der Waals surface area contributed by atoms with Crippen LogP contribution in [-0.2, 0) is 9.53 Å². The molecular formula is C16H12Cl2N2O5. The van der Waals surface area contributed by atoms with E-state index >= 15 is 0 Å². The molecular weight excluding hydrogens is 371 g/mol. The van der Waals surface area contributed by atoms with Crippen molar-refractivity contribution >= 4 is 40.9 Å². The van der Waals surface area contributed by atoms with E-state index in [1.165, 1.54) is 31.3 Å². The van der Waals surface area contributed by atoms with Gasteiger partial charge < -0.3 is 19.5 Å². The van der Waals surface area contributed by atoms with E-state index in [2.05, 4.69) is 10.3 Å². The molecule has 2 aromatic rings. The zero-order valence-corrected chi connectivity index (χ0v) is 14.4. The summed E-state index contributed by atoms with van der Waals surface area (Å²) in [5.74, 6) is -0.126. The summed E-state index contributed by atoms with van der Waals surface area (Å²) in [6.45, 7) is 1.53. The number of fused-ring (bicyclic) bond motifs is 1. The maximum Gasteiger partial charge on any atom is 0.339 e. The molecule has 2 heterocycles. The molecule has 3 rings (SSSR count). The van der Waals surface area contributed by atoms with Gasteiger partial charge in [0.2, 0.25) is 6.79 Å². The molecule has 1 aliphatic rings. The smallest absolute Gasteiger partial charge is 0.339 e. The highest BCUT2D eigenvalue weighted by molar-refractivity contribution is 6.36. The van der Waals surface area contributed by atoms with Crippen molar-refractivity contribution < 1.29 is 23.8 Å². The Morgan fingerprint density at radius 2 is 2.00 bits per heavy atom. The summed E-state index contributed by atoms with van der Waals surface area (Å²) in [5.41, 5.74) is 0.242. The van der Waals surface area contributed by atoms with Gasteiger partial charge in [-0.3, -0.25) is 4.79 Å². The number of rotatable bonds is 4. The number of carbonyl (C=O) groups excluding carboxylic acids is 2. The van der Waals surface area contributed by atoms with Crippen LogP contribution in [0, 0.1) is 0 Å². The average Bonchev–Trinajstić information content (AvgIpc) is 3.04. The van der Waals surface area contributed by atoms with Gasteiger partial charge >= 0.3 is 5.97 Å². The maximum absolute atomic E-state index is 12.2. The number of aromatic nitrogens is 1. The number of benzene rings is 1. The van der Waals surface area contributed by atoms with E-state index in [0.29, 0.717) is 16.5 Å². The zero-order valence-electron chi connectivity index (χ0n) is 12.9. The van der Waals surface area contributed by atoms with E-state index in [1.54, 1.807) is 6.07 Å². The van der Waals surface area contributed by atoms with Gasteiger partial charge in [-0.25, -0.2) is 9.78 Å². The number of nitrogens with one attached hydrogen (secondary N) is 1. The molecule has 1 unspecified atom stereocenters. The molecule has 7 nitrogen and oxygen atoms in total. The highest BCUT2D eigenvalue weighted by atomic mass is 35.5. The lowest BCUT2D eigenvalue weighted by Crippen LogP contribution is -2.30. The largest absolute Gasteiger partial charge is 0.454 e. The Morgan fingerprint density at radius 1 is 1.24 bits per heavy atom. The summed E-state index contributed by atoms with van der Waals surface area (Å²) in [6.07, 6.45) is 0.276.